The van der Waals surface area contributed by atoms with Crippen LogP contribution in [-0.2, 0) is 12.0 Å². The fourth-order valence-corrected chi connectivity index (χ4v) is 4.64. The lowest BCUT2D eigenvalue weighted by Crippen LogP contribution is -2.10. The van der Waals surface area contributed by atoms with E-state index in [0.29, 0.717) is 18.3 Å². The monoisotopic (exact) mass is 451 g/mol. The molecule has 0 unspecified atom stereocenters. The summed E-state index contributed by atoms with van der Waals surface area (Å²) < 4.78 is 7.95. The smallest absolute Gasteiger partial charge is 0.257 e. The summed E-state index contributed by atoms with van der Waals surface area (Å²) in [7, 11) is 0. The van der Waals surface area contributed by atoms with Crippen molar-refractivity contribution in [2.75, 3.05) is 0 Å². The first-order chi connectivity index (χ1) is 14.9. The Morgan fingerprint density at radius 2 is 1.90 bits per heavy atom. The second kappa shape index (κ2) is 8.80. The van der Waals surface area contributed by atoms with Gasteiger partial charge in [0, 0.05) is 12.1 Å². The van der Waals surface area contributed by atoms with E-state index in [1.807, 2.05) is 30.5 Å². The quantitative estimate of drug-likeness (QED) is 0.239. The summed E-state index contributed by atoms with van der Waals surface area (Å²) >= 11 is 3.12. The molecule has 0 saturated heterocycles. The lowest BCUT2D eigenvalue weighted by Gasteiger charge is -2.19. The van der Waals surface area contributed by atoms with Gasteiger partial charge in [-0.25, -0.2) is 0 Å². The zero-order valence-electron chi connectivity index (χ0n) is 18.1. The summed E-state index contributed by atoms with van der Waals surface area (Å²) in [6.07, 6.45) is 1.85. The van der Waals surface area contributed by atoms with Gasteiger partial charge < -0.3 is 4.42 Å². The van der Waals surface area contributed by atoms with Crippen LogP contribution in [-0.4, -0.2) is 25.0 Å². The van der Waals surface area contributed by atoms with Gasteiger partial charge in [-0.1, -0.05) is 68.9 Å². The fourth-order valence-electron chi connectivity index (χ4n) is 3.11. The Hall–Kier alpha value is -2.71. The number of thioether (sulfide) groups is 1. The highest BCUT2D eigenvalue weighted by molar-refractivity contribution is 7.99. The Morgan fingerprint density at radius 1 is 1.13 bits per heavy atom. The van der Waals surface area contributed by atoms with Crippen LogP contribution in [0.2, 0.25) is 0 Å². The fraction of sp³-hybridized carbons (Fsp3) is 0.304. The summed E-state index contributed by atoms with van der Waals surface area (Å²) in [5.74, 6) is 1.93. The first kappa shape index (κ1) is 21.5. The molecule has 6 nitrogen and oxygen atoms in total. The van der Waals surface area contributed by atoms with Crippen LogP contribution in [0.5, 0.6) is 0 Å². The van der Waals surface area contributed by atoms with Gasteiger partial charge >= 0.3 is 0 Å². The zero-order chi connectivity index (χ0) is 22.0. The number of nitrogens with zero attached hydrogens (tertiary/aromatic N) is 5. The van der Waals surface area contributed by atoms with E-state index in [1.54, 1.807) is 23.1 Å². The van der Waals surface area contributed by atoms with Gasteiger partial charge in [-0.05, 0) is 29.3 Å². The molecule has 3 heterocycles. The third-order valence-corrected chi connectivity index (χ3v) is 6.77. The standard InChI is InChI=1S/C23H25N5OS2/c1-6-13-28-19(16-9-11-17(12-10-16)23(3,4)5)24-27-22(28)31-15(2)20-25-26-21(29-20)18-8-7-14-30-18/h6-12,14-15H,1,13H2,2-5H3/t15-/m0/s1. The highest BCUT2D eigenvalue weighted by Crippen LogP contribution is 2.36. The van der Waals surface area contributed by atoms with Crippen molar-refractivity contribution in [3.63, 3.8) is 0 Å². The Kier molecular flexibility index (Phi) is 6.11. The van der Waals surface area contributed by atoms with E-state index in [-0.39, 0.29) is 10.7 Å². The largest absolute Gasteiger partial charge is 0.419 e. The van der Waals surface area contributed by atoms with E-state index in [2.05, 4.69) is 76.6 Å². The van der Waals surface area contributed by atoms with Crippen molar-refractivity contribution in [1.29, 1.82) is 0 Å². The highest BCUT2D eigenvalue weighted by Gasteiger charge is 2.22. The maximum absolute atomic E-state index is 5.89. The van der Waals surface area contributed by atoms with Crippen molar-refractivity contribution < 1.29 is 4.42 Å². The van der Waals surface area contributed by atoms with Gasteiger partial charge in [0.05, 0.1) is 10.1 Å². The van der Waals surface area contributed by atoms with E-state index in [4.69, 9.17) is 4.42 Å². The highest BCUT2D eigenvalue weighted by atomic mass is 32.2. The van der Waals surface area contributed by atoms with Gasteiger partial charge in [0.1, 0.15) is 0 Å². The molecule has 0 bridgehead atoms. The first-order valence-electron chi connectivity index (χ1n) is 10.1. The van der Waals surface area contributed by atoms with Crippen LogP contribution in [0, 0.1) is 0 Å². The predicted octanol–water partition coefficient (Wildman–Crippen LogP) is 6.39. The van der Waals surface area contributed by atoms with Gasteiger partial charge in [-0.3, -0.25) is 4.57 Å². The van der Waals surface area contributed by atoms with Gasteiger partial charge in [-0.2, -0.15) is 0 Å². The zero-order valence-corrected chi connectivity index (χ0v) is 19.7. The van der Waals surface area contributed by atoms with Crippen LogP contribution < -0.4 is 0 Å². The van der Waals surface area contributed by atoms with Gasteiger partial charge in [-0.15, -0.1) is 38.3 Å². The van der Waals surface area contributed by atoms with E-state index >= 15 is 0 Å². The molecule has 3 aromatic heterocycles. The molecule has 8 heteroatoms. The third-order valence-electron chi connectivity index (χ3n) is 4.84. The topological polar surface area (TPSA) is 69.6 Å². The SMILES string of the molecule is C=CCn1c(S[C@@H](C)c2nnc(-c3cccs3)o2)nnc1-c1ccc(C(C)(C)C)cc1. The molecular weight excluding hydrogens is 426 g/mol. The summed E-state index contributed by atoms with van der Waals surface area (Å²) in [5, 5.41) is 20.0. The van der Waals surface area contributed by atoms with Crippen LogP contribution in [0.15, 0.2) is 64.0 Å². The van der Waals surface area contributed by atoms with Gasteiger partial charge in [0.25, 0.3) is 5.89 Å². The van der Waals surface area contributed by atoms with E-state index in [9.17, 15) is 0 Å². The van der Waals surface area contributed by atoms with Crippen molar-refractivity contribution in [2.45, 2.75) is 50.1 Å². The molecule has 160 valence electrons. The Labute approximate surface area is 190 Å². The molecule has 0 aliphatic heterocycles. The van der Waals surface area contributed by atoms with Crippen molar-refractivity contribution in [3.8, 4) is 22.2 Å². The molecule has 0 radical (unpaired) electrons. The molecule has 0 spiro atoms. The minimum absolute atomic E-state index is 0.0647. The number of allylic oxidation sites excluding steroid dienone is 1. The van der Waals surface area contributed by atoms with Crippen LogP contribution >= 0.6 is 23.1 Å². The molecule has 1 atom stereocenters. The van der Waals surface area contributed by atoms with Gasteiger partial charge in [0.15, 0.2) is 11.0 Å². The van der Waals surface area contributed by atoms with E-state index < -0.39 is 0 Å². The van der Waals surface area contributed by atoms with Crippen LogP contribution in [0.4, 0.5) is 0 Å². The van der Waals surface area contributed by atoms with Crippen molar-refractivity contribution in [3.05, 3.63) is 65.9 Å². The van der Waals surface area contributed by atoms with Crippen LogP contribution in [0.3, 0.4) is 0 Å². The molecule has 4 rings (SSSR count). The maximum Gasteiger partial charge on any atom is 0.257 e. The summed E-state index contributed by atoms with van der Waals surface area (Å²) in [6.45, 7) is 13.2. The molecular formula is C23H25N5OS2. The average Bonchev–Trinajstić information content (AvgIpc) is 3.49. The molecule has 0 aliphatic rings. The Morgan fingerprint density at radius 3 is 2.55 bits per heavy atom. The normalized spacial score (nSPS) is 12.8. The molecule has 0 fully saturated rings. The minimum Gasteiger partial charge on any atom is -0.419 e. The molecule has 4 aromatic rings. The molecule has 31 heavy (non-hydrogen) atoms. The average molecular weight is 452 g/mol. The van der Waals surface area contributed by atoms with Gasteiger partial charge in [0.2, 0.25) is 5.89 Å². The van der Waals surface area contributed by atoms with E-state index in [1.165, 1.54) is 5.56 Å². The third kappa shape index (κ3) is 4.65. The predicted molar refractivity (Wildman–Crippen MR) is 126 cm³/mol. The minimum atomic E-state index is -0.0647. The summed E-state index contributed by atoms with van der Waals surface area (Å²) in [6, 6.07) is 12.5. The molecule has 0 saturated carbocycles. The molecule has 0 N–H and O–H groups in total. The maximum atomic E-state index is 5.89. The Balaban J connectivity index is 1.58. The molecule has 0 aliphatic carbocycles. The van der Waals surface area contributed by atoms with Crippen molar-refractivity contribution in [1.82, 2.24) is 25.0 Å². The molecule has 1 aromatic carbocycles. The Bertz CT molecular complexity index is 1150. The summed E-state index contributed by atoms with van der Waals surface area (Å²) in [4.78, 5) is 0.965. The second-order valence-corrected chi connectivity index (χ2v) is 10.5. The number of benzene rings is 1. The number of thiophene rings is 1. The van der Waals surface area contributed by atoms with Crippen LogP contribution in [0.1, 0.15) is 44.4 Å². The lowest BCUT2D eigenvalue weighted by molar-refractivity contribution is 0.509. The van der Waals surface area contributed by atoms with Crippen molar-refractivity contribution in [2.24, 2.45) is 0 Å². The van der Waals surface area contributed by atoms with Crippen molar-refractivity contribution >= 4 is 23.1 Å². The number of aromatic nitrogens is 5. The lowest BCUT2D eigenvalue weighted by atomic mass is 9.87. The first-order valence-corrected chi connectivity index (χ1v) is 11.8. The second-order valence-electron chi connectivity index (χ2n) is 8.22. The van der Waals surface area contributed by atoms with Crippen LogP contribution in [0.25, 0.3) is 22.2 Å². The summed E-state index contributed by atoms with van der Waals surface area (Å²) in [5.41, 5.74) is 2.42. The molecule has 0 amide bonds. The van der Waals surface area contributed by atoms with E-state index in [0.717, 1.165) is 21.4 Å². The number of rotatable bonds is 7. The number of hydrogen-bond donors (Lipinski definition) is 0. The number of hydrogen-bond acceptors (Lipinski definition) is 7.